The van der Waals surface area contributed by atoms with Gasteiger partial charge in [-0.25, -0.2) is 9.59 Å². The molecule has 0 aliphatic heterocycles. The lowest BCUT2D eigenvalue weighted by molar-refractivity contribution is 0.0367. The third kappa shape index (κ3) is 5.84. The number of ether oxygens (including phenoxy) is 2. The molecule has 6 heteroatoms. The van der Waals surface area contributed by atoms with E-state index in [2.05, 4.69) is 0 Å². The van der Waals surface area contributed by atoms with Gasteiger partial charge in [0.1, 0.15) is 11.5 Å². The number of hydrogen-bond acceptors (Lipinski definition) is 6. The Morgan fingerprint density at radius 1 is 0.840 bits per heavy atom. The zero-order valence-corrected chi connectivity index (χ0v) is 13.8. The van der Waals surface area contributed by atoms with Crippen LogP contribution in [-0.2, 0) is 9.47 Å². The lowest BCUT2D eigenvalue weighted by atomic mass is 10.1. The molecule has 25 heavy (non-hydrogen) atoms. The van der Waals surface area contributed by atoms with E-state index >= 15 is 0 Å². The number of rotatable bonds is 7. The summed E-state index contributed by atoms with van der Waals surface area (Å²) in [5, 5.41) is 18.4. The third-order valence-electron chi connectivity index (χ3n) is 3.55. The molecule has 0 saturated carbocycles. The minimum Gasteiger partial charge on any atom is -0.508 e. The monoisotopic (exact) mass is 344 g/mol. The Hall–Kier alpha value is -3.02. The summed E-state index contributed by atoms with van der Waals surface area (Å²) < 4.78 is 10.4. The highest BCUT2D eigenvalue weighted by Crippen LogP contribution is 2.13. The number of benzene rings is 2. The molecule has 2 rings (SSSR count). The van der Waals surface area contributed by atoms with Crippen LogP contribution in [0.25, 0.3) is 0 Å². The lowest BCUT2D eigenvalue weighted by Crippen LogP contribution is -2.15. The summed E-state index contributed by atoms with van der Waals surface area (Å²) in [5.41, 5.74) is 0.730. The Labute approximate surface area is 145 Å². The number of carbonyl (C=O) groups excluding carboxylic acids is 2. The number of phenolic OH excluding ortho intramolecular Hbond substituents is 2. The minimum atomic E-state index is -0.465. The fourth-order valence-electron chi connectivity index (χ4n) is 2.02. The first kappa shape index (κ1) is 18.3. The molecule has 2 N–H and O–H groups in total. The molecule has 0 spiro atoms. The van der Waals surface area contributed by atoms with E-state index in [9.17, 15) is 19.8 Å². The largest absolute Gasteiger partial charge is 0.508 e. The molecule has 0 unspecified atom stereocenters. The first-order valence-corrected chi connectivity index (χ1v) is 7.88. The van der Waals surface area contributed by atoms with Crippen LogP contribution in [0.2, 0.25) is 0 Å². The van der Waals surface area contributed by atoms with Crippen LogP contribution in [0.3, 0.4) is 0 Å². The van der Waals surface area contributed by atoms with E-state index in [1.807, 2.05) is 6.92 Å². The number of hydrogen-bond donors (Lipinski definition) is 2. The van der Waals surface area contributed by atoms with Gasteiger partial charge >= 0.3 is 11.9 Å². The second kappa shape index (κ2) is 8.73. The van der Waals surface area contributed by atoms with Crippen molar-refractivity contribution in [2.75, 3.05) is 13.2 Å². The Morgan fingerprint density at radius 2 is 1.28 bits per heavy atom. The molecule has 2 aromatic rings. The second-order valence-corrected chi connectivity index (χ2v) is 5.72. The quantitative estimate of drug-likeness (QED) is 0.750. The molecular weight excluding hydrogens is 324 g/mol. The first-order valence-electron chi connectivity index (χ1n) is 7.88. The molecule has 0 bridgehead atoms. The summed E-state index contributed by atoms with van der Waals surface area (Å²) in [5.74, 6) is -0.740. The molecule has 2 aromatic carbocycles. The second-order valence-electron chi connectivity index (χ2n) is 5.72. The van der Waals surface area contributed by atoms with Gasteiger partial charge in [-0.05, 0) is 60.9 Å². The smallest absolute Gasteiger partial charge is 0.338 e. The van der Waals surface area contributed by atoms with Crippen molar-refractivity contribution in [2.24, 2.45) is 5.92 Å². The highest BCUT2D eigenvalue weighted by atomic mass is 16.5. The average molecular weight is 344 g/mol. The topological polar surface area (TPSA) is 93.1 Å². The van der Waals surface area contributed by atoms with E-state index < -0.39 is 11.9 Å². The van der Waals surface area contributed by atoms with Crippen LogP contribution in [0, 0.1) is 5.92 Å². The molecule has 0 heterocycles. The molecule has 0 radical (unpaired) electrons. The summed E-state index contributed by atoms with van der Waals surface area (Å²) in [4.78, 5) is 23.7. The van der Waals surface area contributed by atoms with Crippen molar-refractivity contribution in [2.45, 2.75) is 13.3 Å². The van der Waals surface area contributed by atoms with Crippen LogP contribution in [0.15, 0.2) is 48.5 Å². The van der Waals surface area contributed by atoms with Crippen LogP contribution in [-0.4, -0.2) is 35.4 Å². The summed E-state index contributed by atoms with van der Waals surface area (Å²) in [6.07, 6.45) is 0.548. The SMILES string of the molecule is C[C@@H](CCOC(=O)c1ccc(O)cc1)COC(=O)c1ccc(O)cc1. The van der Waals surface area contributed by atoms with Gasteiger partial charge < -0.3 is 19.7 Å². The van der Waals surface area contributed by atoms with Gasteiger partial charge in [-0.15, -0.1) is 0 Å². The first-order chi connectivity index (χ1) is 12.0. The molecule has 0 saturated heterocycles. The van der Waals surface area contributed by atoms with Crippen LogP contribution in [0.4, 0.5) is 0 Å². The molecule has 0 aliphatic carbocycles. The third-order valence-corrected chi connectivity index (χ3v) is 3.55. The van der Waals surface area contributed by atoms with Gasteiger partial charge in [-0.2, -0.15) is 0 Å². The summed E-state index contributed by atoms with van der Waals surface area (Å²) >= 11 is 0. The Balaban J connectivity index is 1.69. The van der Waals surface area contributed by atoms with Crippen LogP contribution in [0.5, 0.6) is 11.5 Å². The van der Waals surface area contributed by atoms with Crippen molar-refractivity contribution in [3.8, 4) is 11.5 Å². The molecule has 132 valence electrons. The van der Waals surface area contributed by atoms with Crippen LogP contribution >= 0.6 is 0 Å². The van der Waals surface area contributed by atoms with E-state index in [0.29, 0.717) is 17.5 Å². The van der Waals surface area contributed by atoms with E-state index in [1.165, 1.54) is 48.5 Å². The fourth-order valence-corrected chi connectivity index (χ4v) is 2.02. The normalized spacial score (nSPS) is 11.6. The predicted octanol–water partition coefficient (Wildman–Crippen LogP) is 3.14. The van der Waals surface area contributed by atoms with Crippen molar-refractivity contribution in [3.63, 3.8) is 0 Å². The summed E-state index contributed by atoms with van der Waals surface area (Å²) in [6.45, 7) is 2.30. The highest BCUT2D eigenvalue weighted by molar-refractivity contribution is 5.90. The Bertz CT molecular complexity index is 706. The molecule has 0 aliphatic rings. The summed E-state index contributed by atoms with van der Waals surface area (Å²) in [7, 11) is 0. The molecular formula is C19H20O6. The molecule has 1 atom stereocenters. The average Bonchev–Trinajstić information content (AvgIpc) is 2.60. The highest BCUT2D eigenvalue weighted by Gasteiger charge is 2.12. The van der Waals surface area contributed by atoms with Crippen molar-refractivity contribution in [1.82, 2.24) is 0 Å². The molecule has 0 aromatic heterocycles. The van der Waals surface area contributed by atoms with Crippen molar-refractivity contribution in [3.05, 3.63) is 59.7 Å². The zero-order valence-electron chi connectivity index (χ0n) is 13.8. The van der Waals surface area contributed by atoms with E-state index in [0.717, 1.165) is 0 Å². The van der Waals surface area contributed by atoms with Crippen LogP contribution < -0.4 is 0 Å². The fraction of sp³-hybridized carbons (Fsp3) is 0.263. The van der Waals surface area contributed by atoms with Crippen molar-refractivity contribution in [1.29, 1.82) is 0 Å². The number of carbonyl (C=O) groups is 2. The van der Waals surface area contributed by atoms with E-state index in [1.54, 1.807) is 0 Å². The maximum Gasteiger partial charge on any atom is 0.338 e. The maximum absolute atomic E-state index is 11.8. The lowest BCUT2D eigenvalue weighted by Gasteiger charge is -2.12. The van der Waals surface area contributed by atoms with Gasteiger partial charge in [0.05, 0.1) is 24.3 Å². The van der Waals surface area contributed by atoms with Gasteiger partial charge in [0.25, 0.3) is 0 Å². The van der Waals surface area contributed by atoms with E-state index in [-0.39, 0.29) is 30.6 Å². The zero-order chi connectivity index (χ0) is 18.2. The van der Waals surface area contributed by atoms with Crippen molar-refractivity contribution < 1.29 is 29.3 Å². The number of phenols is 2. The van der Waals surface area contributed by atoms with Gasteiger partial charge in [0.15, 0.2) is 0 Å². The van der Waals surface area contributed by atoms with Crippen molar-refractivity contribution >= 4 is 11.9 Å². The van der Waals surface area contributed by atoms with Gasteiger partial charge in [0, 0.05) is 0 Å². The summed E-state index contributed by atoms with van der Waals surface area (Å²) in [6, 6.07) is 11.6. The van der Waals surface area contributed by atoms with Gasteiger partial charge in [-0.3, -0.25) is 0 Å². The Kier molecular flexibility index (Phi) is 6.39. The molecule has 6 nitrogen and oxygen atoms in total. The van der Waals surface area contributed by atoms with Gasteiger partial charge in [-0.1, -0.05) is 6.92 Å². The molecule has 0 amide bonds. The predicted molar refractivity (Wildman–Crippen MR) is 90.6 cm³/mol. The molecule has 0 fully saturated rings. The van der Waals surface area contributed by atoms with Gasteiger partial charge in [0.2, 0.25) is 0 Å². The maximum atomic E-state index is 11.8. The number of aromatic hydroxyl groups is 2. The number of esters is 2. The van der Waals surface area contributed by atoms with Crippen LogP contribution in [0.1, 0.15) is 34.1 Å². The van der Waals surface area contributed by atoms with E-state index in [4.69, 9.17) is 9.47 Å². The Morgan fingerprint density at radius 3 is 1.76 bits per heavy atom. The standard InChI is InChI=1S/C19H20O6/c1-13(12-25-19(23)15-4-8-17(21)9-5-15)10-11-24-18(22)14-2-6-16(20)7-3-14/h2-9,13,20-21H,10-12H2,1H3/t13-/m0/s1. The minimum absolute atomic E-state index is 0.0219.